The molecule has 0 spiro atoms. The number of likely N-dealkylation sites (tertiary alicyclic amines) is 1. The molecule has 8 nitrogen and oxygen atoms in total. The Labute approximate surface area is 168 Å². The molecule has 4 heterocycles. The lowest BCUT2D eigenvalue weighted by molar-refractivity contribution is -0.118. The Kier molecular flexibility index (Phi) is 7.93. The SMILES string of the molecule is CCOC(=O)N1CC2CCC1CC2N1CC(OC)C1.O=CN1CCCOCC1. The van der Waals surface area contributed by atoms with Gasteiger partial charge in [0.25, 0.3) is 0 Å². The first-order chi connectivity index (χ1) is 13.7. The largest absolute Gasteiger partial charge is 0.450 e. The van der Waals surface area contributed by atoms with Gasteiger partial charge in [0.15, 0.2) is 0 Å². The molecular weight excluding hydrogens is 362 g/mol. The highest BCUT2D eigenvalue weighted by Gasteiger charge is 2.47. The van der Waals surface area contributed by atoms with Gasteiger partial charge in [-0.15, -0.1) is 0 Å². The molecule has 2 amide bonds. The average Bonchev–Trinajstić information content (AvgIpc) is 2.97. The molecule has 2 bridgehead atoms. The quantitative estimate of drug-likeness (QED) is 0.664. The van der Waals surface area contributed by atoms with Crippen molar-refractivity contribution in [2.45, 2.75) is 50.8 Å². The number of ether oxygens (including phenoxy) is 3. The summed E-state index contributed by atoms with van der Waals surface area (Å²) in [6.45, 7) is 8.43. The number of piperidine rings is 2. The molecule has 5 aliphatic rings. The van der Waals surface area contributed by atoms with E-state index in [1.165, 1.54) is 6.42 Å². The highest BCUT2D eigenvalue weighted by molar-refractivity contribution is 5.68. The number of rotatable bonds is 4. The molecule has 0 aromatic heterocycles. The Morgan fingerprint density at radius 3 is 2.64 bits per heavy atom. The summed E-state index contributed by atoms with van der Waals surface area (Å²) in [5.74, 6) is 0.618. The van der Waals surface area contributed by atoms with Crippen LogP contribution in [0.1, 0.15) is 32.6 Å². The molecule has 8 heteroatoms. The summed E-state index contributed by atoms with van der Waals surface area (Å²) in [7, 11) is 1.79. The number of hydrogen-bond donors (Lipinski definition) is 0. The van der Waals surface area contributed by atoms with Crippen LogP contribution in [0.5, 0.6) is 0 Å². The molecule has 4 aliphatic heterocycles. The first-order valence-electron chi connectivity index (χ1n) is 10.6. The van der Waals surface area contributed by atoms with Crippen molar-refractivity contribution in [2.75, 3.05) is 59.7 Å². The Hall–Kier alpha value is -1.38. The molecule has 0 radical (unpaired) electrons. The number of hydrogen-bond acceptors (Lipinski definition) is 6. The van der Waals surface area contributed by atoms with Gasteiger partial charge in [0.2, 0.25) is 6.41 Å². The zero-order valence-corrected chi connectivity index (χ0v) is 17.3. The lowest BCUT2D eigenvalue weighted by atomic mass is 9.74. The summed E-state index contributed by atoms with van der Waals surface area (Å²) in [6.07, 6.45) is 5.66. The van der Waals surface area contributed by atoms with Crippen LogP contribution in [0.3, 0.4) is 0 Å². The maximum atomic E-state index is 11.9. The van der Waals surface area contributed by atoms with Crippen LogP contribution in [-0.2, 0) is 19.0 Å². The Morgan fingerprint density at radius 1 is 1.18 bits per heavy atom. The van der Waals surface area contributed by atoms with E-state index in [9.17, 15) is 9.59 Å². The third-order valence-electron chi connectivity index (χ3n) is 6.39. The minimum atomic E-state index is -0.117. The number of carbonyl (C=O) groups excluding carboxylic acids is 2. The maximum Gasteiger partial charge on any atom is 0.410 e. The topological polar surface area (TPSA) is 71.6 Å². The Balaban J connectivity index is 0.000000211. The van der Waals surface area contributed by atoms with Crippen LogP contribution in [0.15, 0.2) is 0 Å². The van der Waals surface area contributed by atoms with Crippen LogP contribution in [0.25, 0.3) is 0 Å². The van der Waals surface area contributed by atoms with Crippen LogP contribution in [0.2, 0.25) is 0 Å². The maximum absolute atomic E-state index is 11.9. The zero-order valence-electron chi connectivity index (χ0n) is 17.3. The second kappa shape index (κ2) is 10.4. The van der Waals surface area contributed by atoms with Crippen LogP contribution in [-0.4, -0.2) is 105 Å². The van der Waals surface area contributed by atoms with Gasteiger partial charge in [0, 0.05) is 58.5 Å². The summed E-state index contributed by atoms with van der Waals surface area (Å²) in [6, 6.07) is 1.03. The van der Waals surface area contributed by atoms with Crippen molar-refractivity contribution in [3.05, 3.63) is 0 Å². The van der Waals surface area contributed by atoms with E-state index >= 15 is 0 Å². The average molecular weight is 398 g/mol. The van der Waals surface area contributed by atoms with Gasteiger partial charge >= 0.3 is 6.09 Å². The van der Waals surface area contributed by atoms with E-state index in [1.54, 1.807) is 12.0 Å². The van der Waals surface area contributed by atoms with Crippen molar-refractivity contribution >= 4 is 12.5 Å². The summed E-state index contributed by atoms with van der Waals surface area (Å²) in [4.78, 5) is 28.3. The monoisotopic (exact) mass is 397 g/mol. The highest BCUT2D eigenvalue weighted by Crippen LogP contribution is 2.39. The molecule has 3 atom stereocenters. The standard InChI is InChI=1S/C14H24N2O3.C6H11NO2/c1-3-19-14(17)16-7-10-4-5-11(16)6-13(10)15-8-12(9-15)18-2;8-6-7-2-1-4-9-5-3-7/h10-13H,3-9H2,1-2H3;6H,1-5H2. The molecule has 1 aliphatic carbocycles. The van der Waals surface area contributed by atoms with Gasteiger partial charge in [-0.05, 0) is 38.5 Å². The third-order valence-corrected chi connectivity index (χ3v) is 6.39. The first kappa shape index (κ1) is 21.3. The summed E-state index contributed by atoms with van der Waals surface area (Å²) < 4.78 is 15.6. The van der Waals surface area contributed by atoms with Crippen molar-refractivity contribution in [3.63, 3.8) is 0 Å². The van der Waals surface area contributed by atoms with Crippen molar-refractivity contribution in [3.8, 4) is 0 Å². The van der Waals surface area contributed by atoms with E-state index in [0.717, 1.165) is 65.0 Å². The minimum Gasteiger partial charge on any atom is -0.450 e. The molecule has 5 fully saturated rings. The summed E-state index contributed by atoms with van der Waals surface area (Å²) >= 11 is 0. The van der Waals surface area contributed by atoms with Crippen molar-refractivity contribution < 1.29 is 23.8 Å². The molecule has 1 saturated carbocycles. The van der Waals surface area contributed by atoms with Gasteiger partial charge in [-0.3, -0.25) is 9.69 Å². The van der Waals surface area contributed by atoms with Crippen LogP contribution in [0, 0.1) is 5.92 Å². The normalized spacial score (nSPS) is 30.7. The fourth-order valence-corrected chi connectivity index (χ4v) is 4.72. The second-order valence-corrected chi connectivity index (χ2v) is 8.06. The predicted molar refractivity (Wildman–Crippen MR) is 104 cm³/mol. The van der Waals surface area contributed by atoms with Crippen LogP contribution >= 0.6 is 0 Å². The second-order valence-electron chi connectivity index (χ2n) is 8.06. The van der Waals surface area contributed by atoms with Gasteiger partial charge in [-0.25, -0.2) is 4.79 Å². The number of amides is 2. The fraction of sp³-hybridized carbons (Fsp3) is 0.900. The Morgan fingerprint density at radius 2 is 2.00 bits per heavy atom. The predicted octanol–water partition coefficient (Wildman–Crippen LogP) is 1.19. The molecule has 4 saturated heterocycles. The Bertz CT molecular complexity index is 506. The molecule has 5 rings (SSSR count). The minimum absolute atomic E-state index is 0.117. The summed E-state index contributed by atoms with van der Waals surface area (Å²) in [5, 5.41) is 0. The highest BCUT2D eigenvalue weighted by atomic mass is 16.6. The van der Waals surface area contributed by atoms with Crippen molar-refractivity contribution in [1.29, 1.82) is 0 Å². The van der Waals surface area contributed by atoms with E-state index in [4.69, 9.17) is 14.2 Å². The number of carbonyl (C=O) groups is 2. The molecular formula is C20H35N3O5. The third kappa shape index (κ3) is 5.15. The molecule has 3 unspecified atom stereocenters. The van der Waals surface area contributed by atoms with Crippen molar-refractivity contribution in [2.24, 2.45) is 5.92 Å². The van der Waals surface area contributed by atoms with Crippen molar-refractivity contribution in [1.82, 2.24) is 14.7 Å². The van der Waals surface area contributed by atoms with Gasteiger partial charge < -0.3 is 24.0 Å². The van der Waals surface area contributed by atoms with Crippen LogP contribution in [0.4, 0.5) is 4.79 Å². The number of methoxy groups -OCH3 is 1. The van der Waals surface area contributed by atoms with Gasteiger partial charge in [-0.1, -0.05) is 0 Å². The number of nitrogens with zero attached hydrogens (tertiary/aromatic N) is 3. The van der Waals surface area contributed by atoms with E-state index in [2.05, 4.69) is 4.90 Å². The smallest absolute Gasteiger partial charge is 0.410 e. The summed E-state index contributed by atoms with van der Waals surface area (Å²) in [5.41, 5.74) is 0. The van der Waals surface area contributed by atoms with Crippen LogP contribution < -0.4 is 0 Å². The van der Waals surface area contributed by atoms with E-state index in [1.807, 2.05) is 11.8 Å². The molecule has 0 aromatic carbocycles. The fourth-order valence-electron chi connectivity index (χ4n) is 4.72. The lowest BCUT2D eigenvalue weighted by Crippen LogP contribution is -2.65. The molecule has 28 heavy (non-hydrogen) atoms. The van der Waals surface area contributed by atoms with E-state index in [0.29, 0.717) is 37.3 Å². The first-order valence-corrected chi connectivity index (χ1v) is 10.6. The molecule has 0 aromatic rings. The van der Waals surface area contributed by atoms with Gasteiger partial charge in [0.05, 0.1) is 19.3 Å². The van der Waals surface area contributed by atoms with E-state index < -0.39 is 0 Å². The van der Waals surface area contributed by atoms with Gasteiger partial charge in [0.1, 0.15) is 0 Å². The van der Waals surface area contributed by atoms with Gasteiger partial charge in [-0.2, -0.15) is 0 Å². The molecule has 0 N–H and O–H groups in total. The number of fused-ring (bicyclic) bond motifs is 3. The van der Waals surface area contributed by atoms with E-state index in [-0.39, 0.29) is 6.09 Å². The molecule has 160 valence electrons. The zero-order chi connectivity index (χ0) is 19.9. The lowest BCUT2D eigenvalue weighted by Gasteiger charge is -2.55.